The number of aromatic nitrogens is 1. The monoisotopic (exact) mass is 272 g/mol. The van der Waals surface area contributed by atoms with Crippen molar-refractivity contribution in [3.8, 4) is 0 Å². The maximum Gasteiger partial charge on any atom is 0.193 e. The summed E-state index contributed by atoms with van der Waals surface area (Å²) in [5, 5.41) is 0. The van der Waals surface area contributed by atoms with E-state index >= 15 is 0 Å². The Kier molecular flexibility index (Phi) is 2.85. The molecule has 1 unspecified atom stereocenters. The number of rotatable bonds is 1. The molecule has 1 aliphatic rings. The smallest absolute Gasteiger partial charge is 0.193 e. The molecule has 4 rings (SSSR count). The Morgan fingerprint density at radius 3 is 2.48 bits per heavy atom. The van der Waals surface area contributed by atoms with E-state index in [2.05, 4.69) is 84.4 Å². The highest BCUT2D eigenvalue weighted by atomic mass is 15.0. The molecule has 21 heavy (non-hydrogen) atoms. The lowest BCUT2D eigenvalue weighted by molar-refractivity contribution is -0.698. The van der Waals surface area contributed by atoms with E-state index in [1.165, 1.54) is 27.9 Å². The third-order valence-corrected chi connectivity index (χ3v) is 4.39. The van der Waals surface area contributed by atoms with Gasteiger partial charge < -0.3 is 0 Å². The zero-order chi connectivity index (χ0) is 14.2. The van der Waals surface area contributed by atoms with E-state index in [1.807, 2.05) is 0 Å². The number of fused-ring (bicyclic) bond motifs is 2. The highest BCUT2D eigenvalue weighted by Crippen LogP contribution is 2.34. The number of hydrogen-bond acceptors (Lipinski definition) is 0. The molecular weight excluding hydrogens is 254 g/mol. The molecule has 1 aromatic heterocycles. The summed E-state index contributed by atoms with van der Waals surface area (Å²) in [5.41, 5.74) is 6.91. The van der Waals surface area contributed by atoms with Crippen molar-refractivity contribution in [1.29, 1.82) is 0 Å². The Hall–Kier alpha value is -2.41. The summed E-state index contributed by atoms with van der Waals surface area (Å²) in [4.78, 5) is 0. The van der Waals surface area contributed by atoms with Crippen LogP contribution in [0.25, 0.3) is 0 Å². The van der Waals surface area contributed by atoms with Crippen molar-refractivity contribution in [2.45, 2.75) is 19.4 Å². The number of benzene rings is 2. The molecule has 0 amide bonds. The van der Waals surface area contributed by atoms with Gasteiger partial charge in [-0.3, -0.25) is 0 Å². The Bertz CT molecular complexity index is 741. The van der Waals surface area contributed by atoms with Crippen LogP contribution < -0.4 is 4.57 Å². The molecule has 0 bridgehead atoms. The van der Waals surface area contributed by atoms with E-state index in [0.29, 0.717) is 5.92 Å². The minimum Gasteiger partial charge on any atom is -0.197 e. The molecular formula is C20H18N+. The Morgan fingerprint density at radius 2 is 1.62 bits per heavy atom. The average Bonchev–Trinajstić information content (AvgIpc) is 2.53. The van der Waals surface area contributed by atoms with Crippen LogP contribution in [0.1, 0.15) is 33.9 Å². The first-order chi connectivity index (χ1) is 10.3. The average molecular weight is 272 g/mol. The second-order valence-corrected chi connectivity index (χ2v) is 5.80. The third kappa shape index (κ3) is 2.06. The van der Waals surface area contributed by atoms with Crippen molar-refractivity contribution >= 4 is 0 Å². The third-order valence-electron chi connectivity index (χ3n) is 4.39. The largest absolute Gasteiger partial charge is 0.197 e. The summed E-state index contributed by atoms with van der Waals surface area (Å²) < 4.78 is 2.37. The second-order valence-electron chi connectivity index (χ2n) is 5.80. The van der Waals surface area contributed by atoms with Crippen LogP contribution in [0.15, 0.2) is 72.9 Å². The van der Waals surface area contributed by atoms with Crippen LogP contribution in [0.3, 0.4) is 0 Å². The van der Waals surface area contributed by atoms with Gasteiger partial charge in [-0.05, 0) is 18.1 Å². The highest BCUT2D eigenvalue weighted by Gasteiger charge is 2.32. The van der Waals surface area contributed by atoms with Crippen LogP contribution >= 0.6 is 0 Å². The molecule has 2 heterocycles. The van der Waals surface area contributed by atoms with E-state index in [4.69, 9.17) is 0 Å². The maximum atomic E-state index is 2.37. The van der Waals surface area contributed by atoms with Crippen LogP contribution in [0.4, 0.5) is 0 Å². The zero-order valence-electron chi connectivity index (χ0n) is 12.2. The highest BCUT2D eigenvalue weighted by molar-refractivity contribution is 5.44. The van der Waals surface area contributed by atoms with Gasteiger partial charge in [0.1, 0.15) is 0 Å². The van der Waals surface area contributed by atoms with Gasteiger partial charge in [-0.2, -0.15) is 4.57 Å². The predicted molar refractivity (Wildman–Crippen MR) is 84.3 cm³/mol. The van der Waals surface area contributed by atoms with E-state index in [0.717, 1.165) is 6.54 Å². The van der Waals surface area contributed by atoms with Gasteiger partial charge in [0.15, 0.2) is 18.4 Å². The van der Waals surface area contributed by atoms with Crippen molar-refractivity contribution in [2.75, 3.05) is 0 Å². The van der Waals surface area contributed by atoms with Gasteiger partial charge in [-0.25, -0.2) is 0 Å². The zero-order valence-corrected chi connectivity index (χ0v) is 12.2. The van der Waals surface area contributed by atoms with Crippen molar-refractivity contribution in [3.05, 3.63) is 101 Å². The fraction of sp³-hybridized carbons (Fsp3) is 0.150. The summed E-state index contributed by atoms with van der Waals surface area (Å²) in [6, 6.07) is 24.3. The summed E-state index contributed by atoms with van der Waals surface area (Å²) in [6.07, 6.45) is 2.19. The van der Waals surface area contributed by atoms with Crippen molar-refractivity contribution in [1.82, 2.24) is 0 Å². The maximum absolute atomic E-state index is 2.37. The van der Waals surface area contributed by atoms with Gasteiger partial charge >= 0.3 is 0 Å². The van der Waals surface area contributed by atoms with Crippen molar-refractivity contribution < 1.29 is 4.57 Å². The first-order valence-electron chi connectivity index (χ1n) is 7.46. The molecule has 0 spiro atoms. The molecule has 0 aliphatic carbocycles. The van der Waals surface area contributed by atoms with Crippen LogP contribution in [-0.4, -0.2) is 0 Å². The molecule has 0 N–H and O–H groups in total. The predicted octanol–water partition coefficient (Wildman–Crippen LogP) is 3.82. The van der Waals surface area contributed by atoms with Gasteiger partial charge in [0.25, 0.3) is 0 Å². The molecule has 0 radical (unpaired) electrons. The van der Waals surface area contributed by atoms with Crippen molar-refractivity contribution in [2.24, 2.45) is 0 Å². The first-order valence-corrected chi connectivity index (χ1v) is 7.46. The van der Waals surface area contributed by atoms with Gasteiger partial charge in [-0.15, -0.1) is 0 Å². The standard InChI is InChI=1S/C20H18N/c1-15-9-11-16(12-10-15)20-18-7-3-2-6-17(18)14-21-13-5-4-8-19(20)21/h2-13,20H,14H2,1H3/q+1. The summed E-state index contributed by atoms with van der Waals surface area (Å²) >= 11 is 0. The Morgan fingerprint density at radius 1 is 0.857 bits per heavy atom. The SMILES string of the molecule is Cc1ccc(C2c3ccccc3C[n+]3ccccc32)cc1. The van der Waals surface area contributed by atoms with Gasteiger partial charge in [0, 0.05) is 17.7 Å². The normalized spacial score (nSPS) is 16.1. The lowest BCUT2D eigenvalue weighted by Gasteiger charge is -2.24. The fourth-order valence-electron chi connectivity index (χ4n) is 3.31. The molecule has 2 aromatic carbocycles. The first kappa shape index (κ1) is 12.3. The summed E-state index contributed by atoms with van der Waals surface area (Å²) in [6.45, 7) is 3.11. The molecule has 0 fully saturated rings. The fourth-order valence-corrected chi connectivity index (χ4v) is 3.31. The van der Waals surface area contributed by atoms with Crippen LogP contribution in [0, 0.1) is 6.92 Å². The number of pyridine rings is 1. The van der Waals surface area contributed by atoms with Crippen LogP contribution in [-0.2, 0) is 6.54 Å². The minimum atomic E-state index is 0.330. The number of aryl methyl sites for hydroxylation is 1. The minimum absolute atomic E-state index is 0.330. The molecule has 0 saturated carbocycles. The molecule has 1 heteroatoms. The number of hydrogen-bond donors (Lipinski definition) is 0. The Labute approximate surface area is 125 Å². The molecule has 102 valence electrons. The Balaban J connectivity index is 1.95. The quantitative estimate of drug-likeness (QED) is 0.464. The van der Waals surface area contributed by atoms with E-state index < -0.39 is 0 Å². The molecule has 1 aliphatic heterocycles. The van der Waals surface area contributed by atoms with Gasteiger partial charge in [-0.1, -0.05) is 60.2 Å². The second kappa shape index (κ2) is 4.85. The lowest BCUT2D eigenvalue weighted by atomic mass is 9.82. The topological polar surface area (TPSA) is 3.88 Å². The van der Waals surface area contributed by atoms with Gasteiger partial charge in [0.2, 0.25) is 0 Å². The van der Waals surface area contributed by atoms with Crippen LogP contribution in [0.2, 0.25) is 0 Å². The molecule has 3 aromatic rings. The van der Waals surface area contributed by atoms with Crippen LogP contribution in [0.5, 0.6) is 0 Å². The van der Waals surface area contributed by atoms with E-state index in [9.17, 15) is 0 Å². The van der Waals surface area contributed by atoms with Gasteiger partial charge in [0.05, 0.1) is 5.92 Å². The lowest BCUT2D eigenvalue weighted by Crippen LogP contribution is -2.43. The molecule has 0 saturated heterocycles. The summed E-state index contributed by atoms with van der Waals surface area (Å²) in [5.74, 6) is 0.330. The van der Waals surface area contributed by atoms with Crippen molar-refractivity contribution in [3.63, 3.8) is 0 Å². The number of nitrogens with zero attached hydrogens (tertiary/aromatic N) is 1. The molecule has 1 atom stereocenters. The summed E-state index contributed by atoms with van der Waals surface area (Å²) in [7, 11) is 0. The van der Waals surface area contributed by atoms with E-state index in [-0.39, 0.29) is 0 Å². The van der Waals surface area contributed by atoms with E-state index in [1.54, 1.807) is 0 Å². The molecule has 1 nitrogen and oxygen atoms in total.